The normalized spacial score (nSPS) is 15.1. The lowest BCUT2D eigenvalue weighted by molar-refractivity contribution is -0.384. The highest BCUT2D eigenvalue weighted by Gasteiger charge is 2.37. The van der Waals surface area contributed by atoms with E-state index in [2.05, 4.69) is 5.32 Å². The van der Waals surface area contributed by atoms with Gasteiger partial charge in [-0.25, -0.2) is 0 Å². The fourth-order valence-electron chi connectivity index (χ4n) is 3.17. The molecule has 0 aliphatic carbocycles. The maximum absolute atomic E-state index is 12.9. The van der Waals surface area contributed by atoms with Gasteiger partial charge in [-0.05, 0) is 44.5 Å². The summed E-state index contributed by atoms with van der Waals surface area (Å²) >= 11 is 5.80. The lowest BCUT2D eigenvalue weighted by atomic mass is 9.93. The van der Waals surface area contributed by atoms with E-state index in [-0.39, 0.29) is 28.8 Å². The Morgan fingerprint density at radius 2 is 2.03 bits per heavy atom. The minimum atomic E-state index is -0.681. The predicted octanol–water partition coefficient (Wildman–Crippen LogP) is 4.66. The fourth-order valence-corrected chi connectivity index (χ4v) is 3.35. The standard InChI is InChI=1S/C21H22ClN3O5/c1-4-9-24-16-8-6-14(11-18(16)30-12-21(2,3)20(24)27)23-19(26)13-5-7-15(22)17(10-13)25(28)29/h5-8,10-11H,4,9,12H2,1-3H3,(H,23,26). The van der Waals surface area contributed by atoms with Crippen LogP contribution < -0.4 is 15.0 Å². The van der Waals surface area contributed by atoms with E-state index in [1.165, 1.54) is 12.1 Å². The van der Waals surface area contributed by atoms with Gasteiger partial charge >= 0.3 is 0 Å². The highest BCUT2D eigenvalue weighted by molar-refractivity contribution is 6.32. The van der Waals surface area contributed by atoms with Crippen molar-refractivity contribution in [1.29, 1.82) is 0 Å². The molecule has 9 heteroatoms. The molecule has 0 saturated heterocycles. The summed E-state index contributed by atoms with van der Waals surface area (Å²) in [4.78, 5) is 37.6. The molecule has 2 aromatic rings. The van der Waals surface area contributed by atoms with Gasteiger partial charge in [0, 0.05) is 29.9 Å². The first kappa shape index (κ1) is 21.6. The monoisotopic (exact) mass is 431 g/mol. The number of carbonyl (C=O) groups is 2. The number of nitro groups is 1. The van der Waals surface area contributed by atoms with Crippen LogP contribution >= 0.6 is 11.6 Å². The summed E-state index contributed by atoms with van der Waals surface area (Å²) in [5.74, 6) is -0.0548. The van der Waals surface area contributed by atoms with Gasteiger partial charge in [0.2, 0.25) is 5.91 Å². The Balaban J connectivity index is 1.89. The van der Waals surface area contributed by atoms with Crippen molar-refractivity contribution in [2.75, 3.05) is 23.4 Å². The molecule has 0 bridgehead atoms. The van der Waals surface area contributed by atoms with Gasteiger partial charge < -0.3 is 15.0 Å². The lowest BCUT2D eigenvalue weighted by Gasteiger charge is -2.27. The average Bonchev–Trinajstić information content (AvgIpc) is 2.78. The molecule has 8 nitrogen and oxygen atoms in total. The number of rotatable bonds is 5. The molecule has 1 aliphatic heterocycles. The van der Waals surface area contributed by atoms with Gasteiger partial charge in [0.1, 0.15) is 17.4 Å². The van der Waals surface area contributed by atoms with Crippen molar-refractivity contribution in [3.8, 4) is 5.75 Å². The van der Waals surface area contributed by atoms with E-state index in [0.29, 0.717) is 23.7 Å². The minimum Gasteiger partial charge on any atom is -0.490 e. The molecule has 0 radical (unpaired) electrons. The van der Waals surface area contributed by atoms with Crippen LogP contribution in [0.5, 0.6) is 5.75 Å². The van der Waals surface area contributed by atoms with Crippen molar-refractivity contribution in [2.45, 2.75) is 27.2 Å². The molecule has 0 fully saturated rings. The molecular weight excluding hydrogens is 410 g/mol. The Kier molecular flexibility index (Phi) is 5.98. The molecule has 1 N–H and O–H groups in total. The summed E-state index contributed by atoms with van der Waals surface area (Å²) < 4.78 is 5.88. The molecule has 2 aromatic carbocycles. The van der Waals surface area contributed by atoms with Crippen molar-refractivity contribution in [3.63, 3.8) is 0 Å². The number of hydrogen-bond donors (Lipinski definition) is 1. The predicted molar refractivity (Wildman–Crippen MR) is 114 cm³/mol. The number of nitrogens with zero attached hydrogens (tertiary/aromatic N) is 2. The van der Waals surface area contributed by atoms with Crippen LogP contribution in [0.1, 0.15) is 37.6 Å². The van der Waals surface area contributed by atoms with Crippen LogP contribution in [0.4, 0.5) is 17.1 Å². The average molecular weight is 432 g/mol. The van der Waals surface area contributed by atoms with Crippen molar-refractivity contribution in [3.05, 3.63) is 57.1 Å². The molecule has 0 aromatic heterocycles. The Bertz CT molecular complexity index is 1020. The van der Waals surface area contributed by atoms with E-state index < -0.39 is 16.2 Å². The third-order valence-electron chi connectivity index (χ3n) is 4.77. The first-order chi connectivity index (χ1) is 14.1. The van der Waals surface area contributed by atoms with Crippen molar-refractivity contribution >= 4 is 40.5 Å². The summed E-state index contributed by atoms with van der Waals surface area (Å²) in [5.41, 5.74) is 0.170. The van der Waals surface area contributed by atoms with Crippen LogP contribution in [0, 0.1) is 15.5 Å². The highest BCUT2D eigenvalue weighted by Crippen LogP contribution is 2.38. The SMILES string of the molecule is CCCN1C(=O)C(C)(C)COc2cc(NC(=O)c3ccc(Cl)c([N+](=O)[O-])c3)ccc21. The van der Waals surface area contributed by atoms with E-state index in [0.717, 1.165) is 12.5 Å². The van der Waals surface area contributed by atoms with E-state index in [9.17, 15) is 19.7 Å². The van der Waals surface area contributed by atoms with Crippen LogP contribution in [-0.2, 0) is 4.79 Å². The number of halogens is 1. The fraction of sp³-hybridized carbons (Fsp3) is 0.333. The van der Waals surface area contributed by atoms with Crippen LogP contribution in [-0.4, -0.2) is 29.9 Å². The van der Waals surface area contributed by atoms with Crippen LogP contribution in [0.2, 0.25) is 5.02 Å². The van der Waals surface area contributed by atoms with E-state index in [1.54, 1.807) is 23.1 Å². The number of nitrogens with one attached hydrogen (secondary N) is 1. The lowest BCUT2D eigenvalue weighted by Crippen LogP contribution is -2.42. The number of benzene rings is 2. The Labute approximate surface area is 178 Å². The van der Waals surface area contributed by atoms with Gasteiger partial charge in [-0.1, -0.05) is 18.5 Å². The van der Waals surface area contributed by atoms with E-state index >= 15 is 0 Å². The van der Waals surface area contributed by atoms with Crippen molar-refractivity contribution < 1.29 is 19.2 Å². The van der Waals surface area contributed by atoms with Gasteiger partial charge in [0.05, 0.1) is 16.0 Å². The molecule has 158 valence electrons. The first-order valence-electron chi connectivity index (χ1n) is 9.48. The van der Waals surface area contributed by atoms with Crippen LogP contribution in [0.25, 0.3) is 0 Å². The minimum absolute atomic E-state index is 0.0200. The summed E-state index contributed by atoms with van der Waals surface area (Å²) in [6.07, 6.45) is 0.787. The molecule has 2 amide bonds. The van der Waals surface area contributed by atoms with Gasteiger partial charge in [0.15, 0.2) is 0 Å². The summed E-state index contributed by atoms with van der Waals surface area (Å²) in [5, 5.41) is 13.7. The molecule has 0 unspecified atom stereocenters. The summed E-state index contributed by atoms with van der Waals surface area (Å²) in [6, 6.07) is 8.89. The molecule has 1 aliphatic rings. The zero-order valence-electron chi connectivity index (χ0n) is 16.9. The molecule has 1 heterocycles. The smallest absolute Gasteiger partial charge is 0.288 e. The van der Waals surface area contributed by atoms with Crippen molar-refractivity contribution in [2.24, 2.45) is 5.41 Å². The molecule has 3 rings (SSSR count). The zero-order chi connectivity index (χ0) is 22.1. The summed E-state index contributed by atoms with van der Waals surface area (Å²) in [6.45, 7) is 6.42. The third kappa shape index (κ3) is 4.23. The maximum atomic E-state index is 12.9. The van der Waals surface area contributed by atoms with Gasteiger partial charge in [-0.2, -0.15) is 0 Å². The van der Waals surface area contributed by atoms with Crippen LogP contribution in [0.15, 0.2) is 36.4 Å². The molecule has 0 atom stereocenters. The second-order valence-electron chi connectivity index (χ2n) is 7.69. The first-order valence-corrected chi connectivity index (χ1v) is 9.86. The highest BCUT2D eigenvalue weighted by atomic mass is 35.5. The van der Waals surface area contributed by atoms with Gasteiger partial charge in [0.25, 0.3) is 11.6 Å². The number of carbonyl (C=O) groups excluding carboxylic acids is 2. The van der Waals surface area contributed by atoms with Crippen LogP contribution in [0.3, 0.4) is 0 Å². The molecular formula is C21H22ClN3O5. The molecule has 30 heavy (non-hydrogen) atoms. The van der Waals surface area contributed by atoms with E-state index in [1.807, 2.05) is 20.8 Å². The third-order valence-corrected chi connectivity index (χ3v) is 5.09. The zero-order valence-corrected chi connectivity index (χ0v) is 17.7. The number of fused-ring (bicyclic) bond motifs is 1. The Morgan fingerprint density at radius 3 is 2.70 bits per heavy atom. The van der Waals surface area contributed by atoms with Gasteiger partial charge in [-0.3, -0.25) is 19.7 Å². The second kappa shape index (κ2) is 8.31. The largest absolute Gasteiger partial charge is 0.490 e. The summed E-state index contributed by atoms with van der Waals surface area (Å²) in [7, 11) is 0. The van der Waals surface area contributed by atoms with Crippen molar-refractivity contribution in [1.82, 2.24) is 0 Å². The molecule has 0 spiro atoms. The number of hydrogen-bond acceptors (Lipinski definition) is 5. The second-order valence-corrected chi connectivity index (χ2v) is 8.10. The number of anilines is 2. The number of ether oxygens (including phenoxy) is 1. The number of nitro benzene ring substituents is 1. The Hall–Kier alpha value is -3.13. The topological polar surface area (TPSA) is 102 Å². The quantitative estimate of drug-likeness (QED) is 0.547. The number of amides is 2. The maximum Gasteiger partial charge on any atom is 0.288 e. The molecule has 0 saturated carbocycles. The van der Waals surface area contributed by atoms with E-state index in [4.69, 9.17) is 16.3 Å². The Morgan fingerprint density at radius 1 is 1.30 bits per heavy atom. The van der Waals surface area contributed by atoms with Gasteiger partial charge in [-0.15, -0.1) is 0 Å².